The van der Waals surface area contributed by atoms with Crippen molar-refractivity contribution in [2.75, 3.05) is 0 Å². The smallest absolute Gasteiger partial charge is 0.101 e. The highest BCUT2D eigenvalue weighted by atomic mass is 14.7. The lowest BCUT2D eigenvalue weighted by Crippen LogP contribution is -2.25. The summed E-state index contributed by atoms with van der Waals surface area (Å²) in [5.41, 5.74) is 18.9. The average molecular weight is 650 g/mol. The zero-order valence-electron chi connectivity index (χ0n) is 27.8. The van der Waals surface area contributed by atoms with Gasteiger partial charge in [-0.15, -0.1) is 0 Å². The largest absolute Gasteiger partial charge is 0.360 e. The minimum absolute atomic E-state index is 0.412. The maximum Gasteiger partial charge on any atom is 0.101 e. The molecule has 0 saturated carbocycles. The number of nitrogens with one attached hydrogen (secondary N) is 1. The number of aromatic amines is 1. The molecule has 6 aromatic carbocycles. The van der Waals surface area contributed by atoms with E-state index in [1.165, 1.54) is 50.1 Å². The summed E-state index contributed by atoms with van der Waals surface area (Å²) in [4.78, 5) is 3.22. The Morgan fingerprint density at radius 3 is 1.63 bits per heavy atom. The van der Waals surface area contributed by atoms with E-state index in [1.54, 1.807) is 12.3 Å². The fraction of sp³-hybridized carbons (Fsp3) is 0.0417. The molecule has 238 valence electrons. The highest BCUT2D eigenvalue weighted by molar-refractivity contribution is 5.97. The van der Waals surface area contributed by atoms with Crippen LogP contribution in [0.4, 0.5) is 0 Å². The molecule has 0 unspecified atom stereocenters. The summed E-state index contributed by atoms with van der Waals surface area (Å²) in [6.45, 7) is 3.73. The van der Waals surface area contributed by atoms with Crippen molar-refractivity contribution in [3.63, 3.8) is 0 Å². The van der Waals surface area contributed by atoms with Crippen LogP contribution < -0.4 is 0 Å². The van der Waals surface area contributed by atoms with Crippen LogP contribution in [0.2, 0.25) is 0 Å². The molecule has 0 amide bonds. The van der Waals surface area contributed by atoms with Gasteiger partial charge in [-0.25, -0.2) is 0 Å². The van der Waals surface area contributed by atoms with E-state index in [9.17, 15) is 10.5 Å². The molecule has 9 rings (SSSR count). The minimum Gasteiger partial charge on any atom is -0.360 e. The van der Waals surface area contributed by atoms with Crippen molar-refractivity contribution in [3.8, 4) is 67.9 Å². The van der Waals surface area contributed by atoms with E-state index in [0.29, 0.717) is 17.6 Å². The lowest BCUT2D eigenvalue weighted by molar-refractivity contribution is 0.794. The Balaban J connectivity index is 1.19. The normalized spacial score (nSPS) is 13.1. The van der Waals surface area contributed by atoms with Crippen LogP contribution in [-0.2, 0) is 11.8 Å². The molecule has 7 aromatic rings. The van der Waals surface area contributed by atoms with Gasteiger partial charge in [0.15, 0.2) is 0 Å². The first-order chi connectivity index (χ1) is 25.1. The number of aromatic nitrogens is 1. The summed E-state index contributed by atoms with van der Waals surface area (Å²) in [6, 6.07) is 55.2. The molecular weight excluding hydrogens is 619 g/mol. The van der Waals surface area contributed by atoms with Gasteiger partial charge in [0.05, 0.1) is 17.0 Å². The third-order valence-electron chi connectivity index (χ3n) is 10.6. The topological polar surface area (TPSA) is 63.4 Å². The molecule has 0 bridgehead atoms. The minimum atomic E-state index is -0.412. The van der Waals surface area contributed by atoms with Gasteiger partial charge in [0.1, 0.15) is 6.07 Å². The van der Waals surface area contributed by atoms with Gasteiger partial charge < -0.3 is 4.98 Å². The number of allylic oxidation sites excluding steroid dienone is 3. The van der Waals surface area contributed by atoms with Crippen LogP contribution >= 0.6 is 0 Å². The van der Waals surface area contributed by atoms with Gasteiger partial charge in [0, 0.05) is 17.5 Å². The molecule has 0 aliphatic heterocycles. The molecule has 3 heteroatoms. The van der Waals surface area contributed by atoms with Crippen molar-refractivity contribution >= 4 is 0 Å². The number of hydrogen-bond donors (Lipinski definition) is 1. The lowest BCUT2D eigenvalue weighted by atomic mass is 9.70. The zero-order valence-corrected chi connectivity index (χ0v) is 27.8. The zero-order chi connectivity index (χ0) is 34.5. The second-order valence-electron chi connectivity index (χ2n) is 13.2. The van der Waals surface area contributed by atoms with Crippen molar-refractivity contribution in [3.05, 3.63) is 203 Å². The van der Waals surface area contributed by atoms with E-state index >= 15 is 0 Å². The first-order valence-corrected chi connectivity index (χ1v) is 17.1. The fourth-order valence-corrected chi connectivity index (χ4v) is 8.21. The molecule has 0 atom stereocenters. The SMILES string of the molecule is C=C/C(C#N)=C\Cc1ccc(-c2ccc3c(c2)-c2cc(-c4ccc(-c5cc(C#N)c[nH]5)cc4)ccc2C32c3ccccc3-c3ccccc32)cc1. The van der Waals surface area contributed by atoms with Crippen molar-refractivity contribution in [2.45, 2.75) is 11.8 Å². The molecule has 3 nitrogen and oxygen atoms in total. The van der Waals surface area contributed by atoms with Gasteiger partial charge in [-0.1, -0.05) is 140 Å². The maximum atomic E-state index is 9.28. The van der Waals surface area contributed by atoms with E-state index < -0.39 is 5.41 Å². The van der Waals surface area contributed by atoms with Crippen molar-refractivity contribution in [1.82, 2.24) is 4.98 Å². The Bertz CT molecular complexity index is 2590. The predicted molar refractivity (Wildman–Crippen MR) is 206 cm³/mol. The summed E-state index contributed by atoms with van der Waals surface area (Å²) in [5, 5.41) is 18.6. The highest BCUT2D eigenvalue weighted by Crippen LogP contribution is 2.63. The predicted octanol–water partition coefficient (Wildman–Crippen LogP) is 11.4. The standard InChI is InChI=1S/C48H31N3/c1-2-31(28-49)11-12-32-13-15-34(16-14-32)37-21-23-45-41(26-37)42-27-38(35-17-19-36(20-18-35)47-25-33(29-50)30-51-47)22-24-46(42)48(45)43-9-5-3-7-39(43)40-8-4-6-10-44(40)48/h2-11,13-27,30,51H,1,12H2/b31-11+. The summed E-state index contributed by atoms with van der Waals surface area (Å²) < 4.78 is 0. The third-order valence-corrected chi connectivity index (χ3v) is 10.6. The van der Waals surface area contributed by atoms with Gasteiger partial charge in [0.25, 0.3) is 0 Å². The number of rotatable bonds is 6. The molecule has 1 N–H and O–H groups in total. The van der Waals surface area contributed by atoms with Crippen LogP contribution in [0, 0.1) is 22.7 Å². The number of nitrogens with zero attached hydrogens (tertiary/aromatic N) is 2. The Labute approximate surface area is 297 Å². The molecule has 0 radical (unpaired) electrons. The molecular formula is C48H31N3. The summed E-state index contributed by atoms with van der Waals surface area (Å²) in [5.74, 6) is 0. The fourth-order valence-electron chi connectivity index (χ4n) is 8.21. The molecule has 0 saturated heterocycles. The van der Waals surface area contributed by atoms with Crippen LogP contribution in [0.3, 0.4) is 0 Å². The quantitative estimate of drug-likeness (QED) is 0.144. The molecule has 1 heterocycles. The summed E-state index contributed by atoms with van der Waals surface area (Å²) in [6.07, 6.45) is 5.94. The van der Waals surface area contributed by atoms with E-state index in [1.807, 2.05) is 12.1 Å². The van der Waals surface area contributed by atoms with Crippen LogP contribution in [0.25, 0.3) is 55.8 Å². The van der Waals surface area contributed by atoms with Gasteiger partial charge in [-0.05, 0) is 103 Å². The average Bonchev–Trinajstić information content (AvgIpc) is 3.88. The van der Waals surface area contributed by atoms with Crippen LogP contribution in [0.5, 0.6) is 0 Å². The van der Waals surface area contributed by atoms with Gasteiger partial charge in [-0.2, -0.15) is 10.5 Å². The Kier molecular flexibility index (Phi) is 7.02. The van der Waals surface area contributed by atoms with Gasteiger partial charge in [-0.3, -0.25) is 0 Å². The monoisotopic (exact) mass is 649 g/mol. The summed E-state index contributed by atoms with van der Waals surface area (Å²) >= 11 is 0. The van der Waals surface area contributed by atoms with Crippen molar-refractivity contribution < 1.29 is 0 Å². The Morgan fingerprint density at radius 2 is 1.10 bits per heavy atom. The number of H-pyrrole nitrogens is 1. The first kappa shape index (κ1) is 30.1. The Morgan fingerprint density at radius 1 is 0.588 bits per heavy atom. The van der Waals surface area contributed by atoms with Gasteiger partial charge >= 0.3 is 0 Å². The van der Waals surface area contributed by atoms with Crippen LogP contribution in [0.15, 0.2) is 170 Å². The van der Waals surface area contributed by atoms with E-state index in [2.05, 4.69) is 157 Å². The Hall–Kier alpha value is -6.94. The maximum absolute atomic E-state index is 9.28. The molecule has 0 fully saturated rings. The number of benzene rings is 6. The first-order valence-electron chi connectivity index (χ1n) is 17.1. The van der Waals surface area contributed by atoms with Crippen LogP contribution in [-0.4, -0.2) is 4.98 Å². The lowest BCUT2D eigenvalue weighted by Gasteiger charge is -2.30. The highest BCUT2D eigenvalue weighted by Gasteiger charge is 2.51. The van der Waals surface area contributed by atoms with Crippen molar-refractivity contribution in [2.24, 2.45) is 0 Å². The molecule has 2 aliphatic rings. The van der Waals surface area contributed by atoms with Crippen LogP contribution in [0.1, 0.15) is 33.4 Å². The van der Waals surface area contributed by atoms with Crippen molar-refractivity contribution in [1.29, 1.82) is 10.5 Å². The van der Waals surface area contributed by atoms with Gasteiger partial charge in [0.2, 0.25) is 0 Å². The van der Waals surface area contributed by atoms with E-state index in [-0.39, 0.29) is 0 Å². The summed E-state index contributed by atoms with van der Waals surface area (Å²) in [7, 11) is 0. The van der Waals surface area contributed by atoms with E-state index in [0.717, 1.165) is 33.5 Å². The molecule has 1 aromatic heterocycles. The number of hydrogen-bond acceptors (Lipinski definition) is 2. The van der Waals surface area contributed by atoms with E-state index in [4.69, 9.17) is 0 Å². The number of nitriles is 2. The second-order valence-corrected chi connectivity index (χ2v) is 13.2. The molecule has 2 aliphatic carbocycles. The molecule has 51 heavy (non-hydrogen) atoms. The third kappa shape index (κ3) is 4.64. The molecule has 1 spiro atoms. The second kappa shape index (κ2) is 11.9. The number of fused-ring (bicyclic) bond motifs is 10.